The van der Waals surface area contributed by atoms with Gasteiger partial charge in [0.1, 0.15) is 6.61 Å². The number of hydrogen-bond donors (Lipinski definition) is 1. The van der Waals surface area contributed by atoms with E-state index in [1.165, 1.54) is 0 Å². The summed E-state index contributed by atoms with van der Waals surface area (Å²) in [6.07, 6.45) is -2.76. The van der Waals surface area contributed by atoms with Gasteiger partial charge < -0.3 is 10.1 Å². The molecule has 0 saturated carbocycles. The molecule has 0 heterocycles. The van der Waals surface area contributed by atoms with Crippen LogP contribution in [0.2, 0.25) is 5.02 Å². The minimum absolute atomic E-state index is 0.0299. The fourth-order valence-corrected chi connectivity index (χ4v) is 1.89. The van der Waals surface area contributed by atoms with E-state index in [9.17, 15) is 13.2 Å². The van der Waals surface area contributed by atoms with Crippen LogP contribution in [0.1, 0.15) is 18.9 Å². The van der Waals surface area contributed by atoms with Crippen LogP contribution in [-0.4, -0.2) is 32.0 Å². The Hall–Kier alpha value is -0.780. The van der Waals surface area contributed by atoms with Gasteiger partial charge >= 0.3 is 6.18 Å². The normalized spacial score (nSPS) is 13.4. The van der Waals surface area contributed by atoms with Crippen molar-refractivity contribution in [3.8, 4) is 0 Å². The van der Waals surface area contributed by atoms with Gasteiger partial charge in [0, 0.05) is 11.1 Å². The van der Waals surface area contributed by atoms with Gasteiger partial charge in [-0.1, -0.05) is 30.7 Å². The summed E-state index contributed by atoms with van der Waals surface area (Å²) in [5, 5.41) is 3.83. The van der Waals surface area contributed by atoms with Gasteiger partial charge in [-0.25, -0.2) is 0 Å². The van der Waals surface area contributed by atoms with Crippen LogP contribution in [0, 0.1) is 0 Å². The van der Waals surface area contributed by atoms with Gasteiger partial charge in [0.25, 0.3) is 0 Å². The fourth-order valence-electron chi connectivity index (χ4n) is 1.76. The average molecular weight is 310 g/mol. The molecule has 0 spiro atoms. The van der Waals surface area contributed by atoms with E-state index in [0.29, 0.717) is 11.4 Å². The van der Waals surface area contributed by atoms with Gasteiger partial charge in [0.15, 0.2) is 0 Å². The van der Waals surface area contributed by atoms with Gasteiger partial charge in [-0.15, -0.1) is 0 Å². The van der Waals surface area contributed by atoms with Gasteiger partial charge in [0.05, 0.1) is 6.61 Å². The van der Waals surface area contributed by atoms with Crippen LogP contribution in [0.5, 0.6) is 0 Å². The standard InChI is InChI=1S/C14H19ClF3NO/c1-2-7-19-13(9-20-10-14(16,17)18)8-11-3-5-12(15)6-4-11/h3-6,13,19H,2,7-10H2,1H3. The molecule has 0 fully saturated rings. The van der Waals surface area contributed by atoms with Gasteiger partial charge in [0.2, 0.25) is 0 Å². The Morgan fingerprint density at radius 3 is 2.45 bits per heavy atom. The molecule has 1 rings (SSSR count). The van der Waals surface area contributed by atoms with Crippen molar-refractivity contribution >= 4 is 11.6 Å². The quantitative estimate of drug-likeness (QED) is 0.788. The number of nitrogens with one attached hydrogen (secondary N) is 1. The van der Waals surface area contributed by atoms with Gasteiger partial charge in [-0.3, -0.25) is 0 Å². The Bertz CT molecular complexity index is 381. The lowest BCUT2D eigenvalue weighted by Gasteiger charge is -2.19. The number of benzene rings is 1. The van der Waals surface area contributed by atoms with Crippen molar-refractivity contribution in [2.45, 2.75) is 32.0 Å². The monoisotopic (exact) mass is 309 g/mol. The molecule has 0 radical (unpaired) electrons. The summed E-state index contributed by atoms with van der Waals surface area (Å²) in [5.74, 6) is 0. The zero-order chi connectivity index (χ0) is 15.0. The zero-order valence-corrected chi connectivity index (χ0v) is 12.1. The van der Waals surface area contributed by atoms with Crippen molar-refractivity contribution < 1.29 is 17.9 Å². The van der Waals surface area contributed by atoms with E-state index in [0.717, 1.165) is 18.5 Å². The van der Waals surface area contributed by atoms with Crippen LogP contribution in [0.25, 0.3) is 0 Å². The third-order valence-electron chi connectivity index (χ3n) is 2.66. The summed E-state index contributed by atoms with van der Waals surface area (Å²) >= 11 is 5.80. The van der Waals surface area contributed by atoms with Crippen molar-refractivity contribution in [2.24, 2.45) is 0 Å². The van der Waals surface area contributed by atoms with Crippen LogP contribution in [0.15, 0.2) is 24.3 Å². The number of halogens is 4. The molecular weight excluding hydrogens is 291 g/mol. The highest BCUT2D eigenvalue weighted by Crippen LogP contribution is 2.15. The SMILES string of the molecule is CCCNC(COCC(F)(F)F)Cc1ccc(Cl)cc1. The topological polar surface area (TPSA) is 21.3 Å². The molecule has 0 aliphatic rings. The van der Waals surface area contributed by atoms with Crippen molar-refractivity contribution in [3.05, 3.63) is 34.9 Å². The number of hydrogen-bond acceptors (Lipinski definition) is 2. The maximum Gasteiger partial charge on any atom is 0.411 e. The highest BCUT2D eigenvalue weighted by atomic mass is 35.5. The maximum atomic E-state index is 12.1. The molecule has 1 aromatic carbocycles. The van der Waals surface area contributed by atoms with Crippen LogP contribution >= 0.6 is 11.6 Å². The van der Waals surface area contributed by atoms with Crippen molar-refractivity contribution in [1.82, 2.24) is 5.32 Å². The second kappa shape index (κ2) is 8.49. The summed E-state index contributed by atoms with van der Waals surface area (Å²) < 4.78 is 40.9. The largest absolute Gasteiger partial charge is 0.411 e. The van der Waals surface area contributed by atoms with Gasteiger partial charge in [-0.2, -0.15) is 13.2 Å². The van der Waals surface area contributed by atoms with Gasteiger partial charge in [-0.05, 0) is 37.1 Å². The Balaban J connectivity index is 2.48. The van der Waals surface area contributed by atoms with E-state index in [1.54, 1.807) is 12.1 Å². The highest BCUT2D eigenvalue weighted by Gasteiger charge is 2.27. The van der Waals surface area contributed by atoms with E-state index < -0.39 is 12.8 Å². The van der Waals surface area contributed by atoms with Crippen molar-refractivity contribution in [1.29, 1.82) is 0 Å². The number of rotatable bonds is 8. The predicted molar refractivity (Wildman–Crippen MR) is 74.1 cm³/mol. The first-order valence-corrected chi connectivity index (χ1v) is 6.91. The molecule has 6 heteroatoms. The molecule has 1 atom stereocenters. The zero-order valence-electron chi connectivity index (χ0n) is 11.3. The van der Waals surface area contributed by atoms with E-state index in [2.05, 4.69) is 5.32 Å². The Labute approximate surface area is 122 Å². The highest BCUT2D eigenvalue weighted by molar-refractivity contribution is 6.30. The molecule has 1 unspecified atom stereocenters. The molecule has 114 valence electrons. The van der Waals surface area contributed by atoms with E-state index in [4.69, 9.17) is 16.3 Å². The molecular formula is C14H19ClF3NO. The number of alkyl halides is 3. The first-order chi connectivity index (χ1) is 9.40. The molecule has 0 saturated heterocycles. The molecule has 0 bridgehead atoms. The Morgan fingerprint density at radius 2 is 1.90 bits per heavy atom. The first-order valence-electron chi connectivity index (χ1n) is 6.53. The third kappa shape index (κ3) is 7.72. The first kappa shape index (κ1) is 17.3. The lowest BCUT2D eigenvalue weighted by Crippen LogP contribution is -2.37. The Kier molecular flexibility index (Phi) is 7.34. The van der Waals surface area contributed by atoms with E-state index in [1.807, 2.05) is 19.1 Å². The van der Waals surface area contributed by atoms with Crippen LogP contribution < -0.4 is 5.32 Å². The third-order valence-corrected chi connectivity index (χ3v) is 2.92. The summed E-state index contributed by atoms with van der Waals surface area (Å²) in [4.78, 5) is 0. The molecule has 0 aliphatic carbocycles. The summed E-state index contributed by atoms with van der Waals surface area (Å²) in [5.41, 5.74) is 1.01. The minimum atomic E-state index is -4.28. The molecule has 0 aromatic heterocycles. The van der Waals surface area contributed by atoms with Crippen molar-refractivity contribution in [2.75, 3.05) is 19.8 Å². The predicted octanol–water partition coefficient (Wildman–Crippen LogP) is 3.83. The molecule has 1 N–H and O–H groups in total. The fraction of sp³-hybridized carbons (Fsp3) is 0.571. The molecule has 1 aromatic rings. The summed E-state index contributed by atoms with van der Waals surface area (Å²) in [6, 6.07) is 7.13. The second-order valence-electron chi connectivity index (χ2n) is 4.61. The van der Waals surface area contributed by atoms with E-state index >= 15 is 0 Å². The van der Waals surface area contributed by atoms with Crippen LogP contribution in [-0.2, 0) is 11.2 Å². The minimum Gasteiger partial charge on any atom is -0.370 e. The maximum absolute atomic E-state index is 12.1. The Morgan fingerprint density at radius 1 is 1.25 bits per heavy atom. The summed E-state index contributed by atoms with van der Waals surface area (Å²) in [6.45, 7) is 1.57. The lowest BCUT2D eigenvalue weighted by atomic mass is 10.1. The van der Waals surface area contributed by atoms with E-state index in [-0.39, 0.29) is 12.6 Å². The molecule has 2 nitrogen and oxygen atoms in total. The second-order valence-corrected chi connectivity index (χ2v) is 5.05. The smallest absolute Gasteiger partial charge is 0.370 e. The number of ether oxygens (including phenoxy) is 1. The lowest BCUT2D eigenvalue weighted by molar-refractivity contribution is -0.175. The molecule has 0 amide bonds. The molecule has 20 heavy (non-hydrogen) atoms. The molecule has 0 aliphatic heterocycles. The average Bonchev–Trinajstić information content (AvgIpc) is 2.37. The summed E-state index contributed by atoms with van der Waals surface area (Å²) in [7, 11) is 0. The van der Waals surface area contributed by atoms with Crippen LogP contribution in [0.3, 0.4) is 0 Å². The van der Waals surface area contributed by atoms with Crippen LogP contribution in [0.4, 0.5) is 13.2 Å². The van der Waals surface area contributed by atoms with Crippen molar-refractivity contribution in [3.63, 3.8) is 0 Å².